The third kappa shape index (κ3) is 5.08. The van der Waals surface area contributed by atoms with Crippen LogP contribution in [0, 0.1) is 11.3 Å². The van der Waals surface area contributed by atoms with Crippen molar-refractivity contribution in [2.24, 2.45) is 11.3 Å². The Morgan fingerprint density at radius 1 is 1.10 bits per heavy atom. The van der Waals surface area contributed by atoms with Crippen molar-refractivity contribution in [2.45, 2.75) is 77.2 Å². The van der Waals surface area contributed by atoms with E-state index in [-0.39, 0.29) is 33.6 Å². The van der Waals surface area contributed by atoms with Crippen molar-refractivity contribution in [3.8, 4) is 0 Å². The summed E-state index contributed by atoms with van der Waals surface area (Å²) in [7, 11) is 0. The fraction of sp³-hybridized carbons (Fsp3) is 0.625. The van der Waals surface area contributed by atoms with E-state index in [1.807, 2.05) is 51.1 Å². The van der Waals surface area contributed by atoms with E-state index in [1.165, 1.54) is 11.8 Å². The smallest absolute Gasteiger partial charge is 0.329 e. The molecule has 0 N–H and O–H groups in total. The average Bonchev–Trinajstić information content (AvgIpc) is 3.26. The Balaban J connectivity index is 1.76. The fourth-order valence-corrected chi connectivity index (χ4v) is 5.83. The van der Waals surface area contributed by atoms with Gasteiger partial charge in [-0.25, -0.2) is 4.79 Å². The number of esters is 1. The van der Waals surface area contributed by atoms with Crippen LogP contribution in [0.15, 0.2) is 30.3 Å². The minimum atomic E-state index is -0.579. The molecule has 3 atom stereocenters. The molecule has 0 radical (unpaired) electrons. The van der Waals surface area contributed by atoms with Gasteiger partial charge in [0.1, 0.15) is 11.6 Å². The molecule has 3 rings (SSSR count). The summed E-state index contributed by atoms with van der Waals surface area (Å²) < 4.78 is 5.56. The lowest BCUT2D eigenvalue weighted by molar-refractivity contribution is -0.163. The molecule has 30 heavy (non-hydrogen) atoms. The van der Waals surface area contributed by atoms with Gasteiger partial charge in [0.15, 0.2) is 0 Å². The molecule has 2 aliphatic rings. The van der Waals surface area contributed by atoms with Gasteiger partial charge in [0, 0.05) is 17.4 Å². The normalized spacial score (nSPS) is 25.9. The van der Waals surface area contributed by atoms with Crippen LogP contribution >= 0.6 is 11.8 Å². The number of likely N-dealkylation sites (tertiary alicyclic amines) is 1. The lowest BCUT2D eigenvalue weighted by Gasteiger charge is -2.33. The van der Waals surface area contributed by atoms with Crippen LogP contribution in [-0.4, -0.2) is 45.3 Å². The molecule has 0 spiro atoms. The van der Waals surface area contributed by atoms with Crippen molar-refractivity contribution in [3.05, 3.63) is 35.9 Å². The van der Waals surface area contributed by atoms with Gasteiger partial charge in [0.05, 0.1) is 5.92 Å². The zero-order valence-electron chi connectivity index (χ0n) is 18.6. The molecule has 5 nitrogen and oxygen atoms in total. The fourth-order valence-electron chi connectivity index (χ4n) is 4.48. The molecule has 1 aliphatic carbocycles. The second kappa shape index (κ2) is 8.74. The number of nitrogens with zero attached hydrogens (tertiary/aromatic N) is 1. The highest BCUT2D eigenvalue weighted by Gasteiger charge is 2.50. The highest BCUT2D eigenvalue weighted by molar-refractivity contribution is 8.14. The predicted molar refractivity (Wildman–Crippen MR) is 119 cm³/mol. The molecule has 1 aromatic carbocycles. The molecule has 0 bridgehead atoms. The Kier molecular flexibility index (Phi) is 6.66. The van der Waals surface area contributed by atoms with Crippen LogP contribution in [0.1, 0.15) is 70.7 Å². The monoisotopic (exact) mass is 431 g/mol. The van der Waals surface area contributed by atoms with Crippen molar-refractivity contribution in [1.82, 2.24) is 4.90 Å². The quantitative estimate of drug-likeness (QED) is 0.647. The Hall–Kier alpha value is -1.82. The summed E-state index contributed by atoms with van der Waals surface area (Å²) in [4.78, 5) is 40.8. The van der Waals surface area contributed by atoms with Crippen molar-refractivity contribution in [3.63, 3.8) is 0 Å². The number of hydrogen-bond donors (Lipinski definition) is 0. The van der Waals surface area contributed by atoms with Crippen LogP contribution in [0.2, 0.25) is 0 Å². The van der Waals surface area contributed by atoms with Crippen molar-refractivity contribution in [2.75, 3.05) is 6.54 Å². The first-order chi connectivity index (χ1) is 14.0. The highest BCUT2D eigenvalue weighted by atomic mass is 32.2. The molecule has 164 valence electrons. The molecule has 1 amide bonds. The number of thioether (sulfide) groups is 1. The molecule has 1 heterocycles. The van der Waals surface area contributed by atoms with E-state index in [0.29, 0.717) is 18.5 Å². The Morgan fingerprint density at radius 2 is 1.77 bits per heavy atom. The van der Waals surface area contributed by atoms with Crippen molar-refractivity contribution in [1.29, 1.82) is 0 Å². The Labute approximate surface area is 183 Å². The number of rotatable bonds is 4. The minimum absolute atomic E-state index is 0.00140. The third-order valence-electron chi connectivity index (χ3n) is 6.01. The van der Waals surface area contributed by atoms with Crippen LogP contribution < -0.4 is 0 Å². The second-order valence-corrected chi connectivity index (χ2v) is 11.2. The zero-order chi connectivity index (χ0) is 22.1. The van der Waals surface area contributed by atoms with Gasteiger partial charge in [-0.15, -0.1) is 0 Å². The number of ether oxygens (including phenoxy) is 1. The maximum atomic E-state index is 13.5. The van der Waals surface area contributed by atoms with E-state index >= 15 is 0 Å². The summed E-state index contributed by atoms with van der Waals surface area (Å²) >= 11 is 1.28. The molecule has 2 fully saturated rings. The molecule has 1 aromatic rings. The molecular weight excluding hydrogens is 398 g/mol. The first-order valence-corrected chi connectivity index (χ1v) is 11.7. The van der Waals surface area contributed by atoms with E-state index in [4.69, 9.17) is 4.74 Å². The molecule has 0 unspecified atom stereocenters. The first-order valence-electron chi connectivity index (χ1n) is 10.8. The zero-order valence-corrected chi connectivity index (χ0v) is 19.5. The molecule has 1 aliphatic heterocycles. The Morgan fingerprint density at radius 3 is 2.40 bits per heavy atom. The van der Waals surface area contributed by atoms with Gasteiger partial charge < -0.3 is 9.64 Å². The van der Waals surface area contributed by atoms with Crippen LogP contribution in [0.3, 0.4) is 0 Å². The maximum absolute atomic E-state index is 13.5. The molecule has 6 heteroatoms. The largest absolute Gasteiger partial charge is 0.458 e. The van der Waals surface area contributed by atoms with Crippen molar-refractivity contribution >= 4 is 28.8 Å². The van der Waals surface area contributed by atoms with Crippen LogP contribution in [-0.2, 0) is 14.3 Å². The molecule has 1 saturated heterocycles. The number of carbonyl (C=O) groups is 3. The number of amides is 1. The van der Waals surface area contributed by atoms with Gasteiger partial charge in [-0.3, -0.25) is 9.59 Å². The van der Waals surface area contributed by atoms with Gasteiger partial charge in [0.2, 0.25) is 11.0 Å². The summed E-state index contributed by atoms with van der Waals surface area (Å²) in [5, 5.41) is -0.115. The maximum Gasteiger partial charge on any atom is 0.329 e. The Bertz CT molecular complexity index is 799. The highest BCUT2D eigenvalue weighted by Crippen LogP contribution is 2.49. The van der Waals surface area contributed by atoms with E-state index < -0.39 is 11.6 Å². The summed E-state index contributed by atoms with van der Waals surface area (Å²) in [6.45, 7) is 10.4. The van der Waals surface area contributed by atoms with Gasteiger partial charge in [-0.1, -0.05) is 55.9 Å². The molecule has 0 aromatic heterocycles. The lowest BCUT2D eigenvalue weighted by atomic mass is 9.89. The summed E-state index contributed by atoms with van der Waals surface area (Å²) in [6, 6.07) is 8.70. The second-order valence-electron chi connectivity index (χ2n) is 10.0. The van der Waals surface area contributed by atoms with Crippen LogP contribution in [0.4, 0.5) is 0 Å². The summed E-state index contributed by atoms with van der Waals surface area (Å²) in [5.74, 6) is -0.594. The minimum Gasteiger partial charge on any atom is -0.458 e. The summed E-state index contributed by atoms with van der Waals surface area (Å²) in [6.07, 6.45) is 3.06. The van der Waals surface area contributed by atoms with E-state index in [2.05, 4.69) is 13.8 Å². The lowest BCUT2D eigenvalue weighted by Crippen LogP contribution is -2.47. The van der Waals surface area contributed by atoms with Gasteiger partial charge in [-0.2, -0.15) is 0 Å². The number of benzene rings is 1. The summed E-state index contributed by atoms with van der Waals surface area (Å²) in [5.41, 5.74) is -0.0509. The van der Waals surface area contributed by atoms with Crippen LogP contribution in [0.5, 0.6) is 0 Å². The van der Waals surface area contributed by atoms with Gasteiger partial charge in [-0.05, 0) is 51.9 Å². The van der Waals surface area contributed by atoms with Crippen LogP contribution in [0.25, 0.3) is 0 Å². The number of hydrogen-bond acceptors (Lipinski definition) is 5. The number of carbonyl (C=O) groups excluding carboxylic acids is 3. The van der Waals surface area contributed by atoms with Gasteiger partial charge >= 0.3 is 5.97 Å². The SMILES string of the molecule is CC(C)(C)OC(=O)[C@@H]1CCCN1C(=O)[C@H]1CCC(C)(C)[C@@H]1SC(=O)c1ccccc1. The third-order valence-corrected chi connectivity index (χ3v) is 7.68. The van der Waals surface area contributed by atoms with E-state index in [9.17, 15) is 14.4 Å². The standard InChI is InChI=1S/C24H33NO4S/c1-23(2,3)29-21(27)18-12-9-15-25(18)20(26)17-13-14-24(4,5)19(17)30-22(28)16-10-7-6-8-11-16/h6-8,10-11,17-19H,9,12-15H2,1-5H3/t17-,18-,19+/m0/s1. The average molecular weight is 432 g/mol. The van der Waals surface area contributed by atoms with Gasteiger partial charge in [0.25, 0.3) is 0 Å². The predicted octanol–water partition coefficient (Wildman–Crippen LogP) is 4.70. The van der Waals surface area contributed by atoms with Crippen molar-refractivity contribution < 1.29 is 19.1 Å². The molecule has 1 saturated carbocycles. The van der Waals surface area contributed by atoms with E-state index in [1.54, 1.807) is 4.90 Å². The van der Waals surface area contributed by atoms with E-state index in [0.717, 1.165) is 19.3 Å². The first kappa shape index (κ1) is 22.9. The molecular formula is C24H33NO4S. The topological polar surface area (TPSA) is 63.7 Å².